The average Bonchev–Trinajstić information content (AvgIpc) is 2.60. The molecule has 1 aromatic carbocycles. The van der Waals surface area contributed by atoms with E-state index in [-0.39, 0.29) is 29.3 Å². The van der Waals surface area contributed by atoms with Gasteiger partial charge in [0, 0.05) is 6.42 Å². The van der Waals surface area contributed by atoms with Crippen LogP contribution in [0.25, 0.3) is 11.0 Å². The highest BCUT2D eigenvalue weighted by Gasteiger charge is 2.08. The number of nitrogens with zero attached hydrogens (tertiary/aromatic N) is 2. The van der Waals surface area contributed by atoms with Crippen LogP contribution < -0.4 is 10.9 Å². The Kier molecular flexibility index (Phi) is 4.60. The molecule has 2 N–H and O–H groups in total. The Morgan fingerprint density at radius 1 is 1.25 bits per heavy atom. The van der Waals surface area contributed by atoms with Crippen molar-refractivity contribution < 1.29 is 9.18 Å². The first-order valence-electron chi connectivity index (χ1n) is 7.47. The van der Waals surface area contributed by atoms with Gasteiger partial charge in [-0.1, -0.05) is 30.3 Å². The van der Waals surface area contributed by atoms with Gasteiger partial charge >= 0.3 is 0 Å². The molecule has 0 spiro atoms. The Hall–Kier alpha value is -3.09. The topological polar surface area (TPSA) is 87.7 Å². The second-order valence-electron chi connectivity index (χ2n) is 5.30. The average molecular weight is 326 g/mol. The van der Waals surface area contributed by atoms with Crippen LogP contribution >= 0.6 is 0 Å². The van der Waals surface area contributed by atoms with Gasteiger partial charge < -0.3 is 10.3 Å². The summed E-state index contributed by atoms with van der Waals surface area (Å²) in [5.74, 6) is -0.468. The minimum atomic E-state index is -0.600. The zero-order chi connectivity index (χ0) is 16.9. The number of aromatic amines is 1. The Bertz CT molecular complexity index is 925. The summed E-state index contributed by atoms with van der Waals surface area (Å²) in [6, 6.07) is 10.8. The number of carbonyl (C=O) groups excluding carboxylic acids is 1. The highest BCUT2D eigenvalue weighted by Crippen LogP contribution is 2.06. The minimum Gasteiger partial charge on any atom is -0.349 e. The number of benzene rings is 1. The van der Waals surface area contributed by atoms with Gasteiger partial charge in [-0.15, -0.1) is 0 Å². The number of aromatic nitrogens is 3. The van der Waals surface area contributed by atoms with Crippen molar-refractivity contribution in [2.75, 3.05) is 0 Å². The Balaban J connectivity index is 1.62. The number of nitrogens with one attached hydrogen (secondary N) is 2. The van der Waals surface area contributed by atoms with E-state index in [1.54, 1.807) is 0 Å². The van der Waals surface area contributed by atoms with E-state index < -0.39 is 11.4 Å². The van der Waals surface area contributed by atoms with Crippen molar-refractivity contribution in [1.82, 2.24) is 20.3 Å². The fourth-order valence-corrected chi connectivity index (χ4v) is 2.30. The molecule has 6 nitrogen and oxygen atoms in total. The van der Waals surface area contributed by atoms with Crippen LogP contribution in [-0.2, 0) is 17.8 Å². The number of halogens is 1. The third-order valence-corrected chi connectivity index (χ3v) is 3.51. The van der Waals surface area contributed by atoms with Crippen molar-refractivity contribution in [2.24, 2.45) is 0 Å². The fourth-order valence-electron chi connectivity index (χ4n) is 2.30. The summed E-state index contributed by atoms with van der Waals surface area (Å²) in [4.78, 5) is 34.2. The van der Waals surface area contributed by atoms with Gasteiger partial charge in [-0.25, -0.2) is 14.4 Å². The molecule has 0 aliphatic carbocycles. The summed E-state index contributed by atoms with van der Waals surface area (Å²) in [6.07, 6.45) is 1.97. The van der Waals surface area contributed by atoms with E-state index in [0.29, 0.717) is 12.8 Å². The number of amides is 1. The summed E-state index contributed by atoms with van der Waals surface area (Å²) in [7, 11) is 0. The quantitative estimate of drug-likeness (QED) is 0.747. The summed E-state index contributed by atoms with van der Waals surface area (Å²) in [5.41, 5.74) is 0.741. The first-order valence-corrected chi connectivity index (χ1v) is 7.47. The van der Waals surface area contributed by atoms with Crippen LogP contribution in [0.5, 0.6) is 0 Å². The van der Waals surface area contributed by atoms with Crippen molar-refractivity contribution in [1.29, 1.82) is 0 Å². The number of hydrogen-bond donors (Lipinski definition) is 2. The molecule has 3 aromatic rings. The predicted molar refractivity (Wildman–Crippen MR) is 86.7 cm³/mol. The maximum absolute atomic E-state index is 13.1. The van der Waals surface area contributed by atoms with E-state index in [1.165, 1.54) is 0 Å². The van der Waals surface area contributed by atoms with E-state index in [2.05, 4.69) is 20.3 Å². The smallest absolute Gasteiger partial charge is 0.260 e. The predicted octanol–water partition coefficient (Wildman–Crippen LogP) is 1.71. The van der Waals surface area contributed by atoms with Gasteiger partial charge in [-0.2, -0.15) is 0 Å². The maximum Gasteiger partial charge on any atom is 0.260 e. The molecule has 0 fully saturated rings. The van der Waals surface area contributed by atoms with Gasteiger partial charge in [0.2, 0.25) is 5.91 Å². The van der Waals surface area contributed by atoms with Crippen molar-refractivity contribution >= 4 is 16.9 Å². The summed E-state index contributed by atoms with van der Waals surface area (Å²) in [5, 5.41) is 2.78. The second kappa shape index (κ2) is 6.99. The Morgan fingerprint density at radius 3 is 2.83 bits per heavy atom. The lowest BCUT2D eigenvalue weighted by Crippen LogP contribution is -2.26. The van der Waals surface area contributed by atoms with Crippen LogP contribution in [0.4, 0.5) is 4.39 Å². The van der Waals surface area contributed by atoms with Crippen molar-refractivity contribution in [3.63, 3.8) is 0 Å². The standard InChI is InChI=1S/C17H15FN4O2/c18-12-8-13-16(20-9-12)21-14(22-17(13)24)10-19-15(23)7-6-11-4-2-1-3-5-11/h1-5,8-9H,6-7,10H2,(H,19,23)(H,20,21,22,24). The van der Waals surface area contributed by atoms with Crippen LogP contribution in [0, 0.1) is 5.82 Å². The summed E-state index contributed by atoms with van der Waals surface area (Å²) < 4.78 is 13.1. The molecule has 3 rings (SSSR count). The highest BCUT2D eigenvalue weighted by atomic mass is 19.1. The van der Waals surface area contributed by atoms with Crippen LogP contribution in [0.15, 0.2) is 47.4 Å². The first-order chi connectivity index (χ1) is 11.6. The third-order valence-electron chi connectivity index (χ3n) is 3.51. The monoisotopic (exact) mass is 326 g/mol. The molecule has 0 aliphatic rings. The number of rotatable bonds is 5. The van der Waals surface area contributed by atoms with Gasteiger partial charge in [0.15, 0.2) is 5.65 Å². The lowest BCUT2D eigenvalue weighted by Gasteiger charge is -2.06. The lowest BCUT2D eigenvalue weighted by atomic mass is 10.1. The molecule has 0 saturated heterocycles. The Labute approximate surface area is 136 Å². The zero-order valence-electron chi connectivity index (χ0n) is 12.8. The molecule has 2 aromatic heterocycles. The van der Waals surface area contributed by atoms with Gasteiger partial charge in [0.1, 0.15) is 11.6 Å². The van der Waals surface area contributed by atoms with Crippen molar-refractivity contribution in [3.05, 3.63) is 70.2 Å². The Morgan fingerprint density at radius 2 is 2.04 bits per heavy atom. The van der Waals surface area contributed by atoms with Gasteiger partial charge in [0.05, 0.1) is 18.1 Å². The van der Waals surface area contributed by atoms with Gasteiger partial charge in [0.25, 0.3) is 5.56 Å². The third kappa shape index (κ3) is 3.81. The highest BCUT2D eigenvalue weighted by molar-refractivity contribution is 5.76. The zero-order valence-corrected chi connectivity index (χ0v) is 12.8. The molecule has 1 amide bonds. The van der Waals surface area contributed by atoms with E-state index in [4.69, 9.17) is 0 Å². The van der Waals surface area contributed by atoms with Gasteiger partial charge in [-0.05, 0) is 18.1 Å². The van der Waals surface area contributed by atoms with E-state index in [9.17, 15) is 14.0 Å². The molecular formula is C17H15FN4O2. The minimum absolute atomic E-state index is 0.0779. The van der Waals surface area contributed by atoms with E-state index >= 15 is 0 Å². The summed E-state index contributed by atoms with van der Waals surface area (Å²) >= 11 is 0. The van der Waals surface area contributed by atoms with Crippen LogP contribution in [-0.4, -0.2) is 20.9 Å². The maximum atomic E-state index is 13.1. The molecule has 7 heteroatoms. The molecule has 0 radical (unpaired) electrons. The van der Waals surface area contributed by atoms with Crippen molar-refractivity contribution in [3.8, 4) is 0 Å². The molecule has 0 bridgehead atoms. The molecule has 0 unspecified atom stereocenters. The summed E-state index contributed by atoms with van der Waals surface area (Å²) in [6.45, 7) is 0.0812. The number of aryl methyl sites for hydroxylation is 1. The van der Waals surface area contributed by atoms with Crippen molar-refractivity contribution in [2.45, 2.75) is 19.4 Å². The second-order valence-corrected chi connectivity index (χ2v) is 5.30. The number of H-pyrrole nitrogens is 1. The number of carbonyl (C=O) groups is 1. The lowest BCUT2D eigenvalue weighted by molar-refractivity contribution is -0.121. The van der Waals surface area contributed by atoms with Crippen LogP contribution in [0.2, 0.25) is 0 Å². The molecule has 24 heavy (non-hydrogen) atoms. The normalized spacial score (nSPS) is 10.7. The van der Waals surface area contributed by atoms with Crippen LogP contribution in [0.1, 0.15) is 17.8 Å². The molecule has 0 saturated carbocycles. The van der Waals surface area contributed by atoms with E-state index in [1.807, 2.05) is 30.3 Å². The molecule has 0 atom stereocenters. The molecule has 122 valence electrons. The molecule has 0 aliphatic heterocycles. The fraction of sp³-hybridized carbons (Fsp3) is 0.176. The molecule has 2 heterocycles. The first kappa shape index (κ1) is 15.8. The SMILES string of the molecule is O=C(CCc1ccccc1)NCc1nc2ncc(F)cc2c(=O)[nH]1. The molecular weight excluding hydrogens is 311 g/mol. The number of hydrogen-bond acceptors (Lipinski definition) is 4. The largest absolute Gasteiger partial charge is 0.349 e. The number of fused-ring (bicyclic) bond motifs is 1. The van der Waals surface area contributed by atoms with Gasteiger partial charge in [-0.3, -0.25) is 9.59 Å². The number of pyridine rings is 1. The van der Waals surface area contributed by atoms with E-state index in [0.717, 1.165) is 17.8 Å². The van der Waals surface area contributed by atoms with Crippen LogP contribution in [0.3, 0.4) is 0 Å².